The summed E-state index contributed by atoms with van der Waals surface area (Å²) in [6, 6.07) is 6.01. The summed E-state index contributed by atoms with van der Waals surface area (Å²) in [5.41, 5.74) is 1.23. The molecule has 3 rings (SSSR count). The van der Waals surface area contributed by atoms with Crippen LogP contribution in [0.15, 0.2) is 36.0 Å². The Bertz CT molecular complexity index is 729. The molecule has 0 atom stereocenters. The van der Waals surface area contributed by atoms with E-state index in [1.54, 1.807) is 11.3 Å². The Labute approximate surface area is 132 Å². The molecule has 0 aromatic carbocycles. The third kappa shape index (κ3) is 3.37. The highest BCUT2D eigenvalue weighted by Gasteiger charge is 2.11. The lowest BCUT2D eigenvalue weighted by molar-refractivity contribution is 0.265. The van der Waals surface area contributed by atoms with E-state index in [0.717, 1.165) is 29.1 Å². The summed E-state index contributed by atoms with van der Waals surface area (Å²) in [6.07, 6.45) is 3.63. The van der Waals surface area contributed by atoms with E-state index in [9.17, 15) is 0 Å². The van der Waals surface area contributed by atoms with Crippen molar-refractivity contribution < 1.29 is 0 Å². The molecule has 0 bridgehead atoms. The highest BCUT2D eigenvalue weighted by Crippen LogP contribution is 2.25. The highest BCUT2D eigenvalue weighted by atomic mass is 35.5. The van der Waals surface area contributed by atoms with Crippen molar-refractivity contribution in [1.29, 1.82) is 0 Å². The number of pyridine rings is 1. The van der Waals surface area contributed by atoms with Crippen LogP contribution in [0.5, 0.6) is 0 Å². The molecule has 3 aromatic heterocycles. The van der Waals surface area contributed by atoms with Crippen LogP contribution in [0, 0.1) is 0 Å². The molecular weight excluding hydrogens is 304 g/mol. The van der Waals surface area contributed by atoms with Crippen LogP contribution in [-0.2, 0) is 13.1 Å². The average Bonchev–Trinajstić information content (AvgIpc) is 2.96. The van der Waals surface area contributed by atoms with Crippen molar-refractivity contribution >= 4 is 33.2 Å². The smallest absolute Gasteiger partial charge is 0.145 e. The molecule has 3 heterocycles. The fourth-order valence-corrected chi connectivity index (χ4v) is 3.25. The van der Waals surface area contributed by atoms with E-state index in [0.29, 0.717) is 11.7 Å². The Morgan fingerprint density at radius 1 is 1.14 bits per heavy atom. The van der Waals surface area contributed by atoms with Gasteiger partial charge in [-0.25, -0.2) is 9.97 Å². The number of nitrogens with zero attached hydrogens (tertiary/aromatic N) is 4. The normalized spacial score (nSPS) is 11.4. The summed E-state index contributed by atoms with van der Waals surface area (Å²) >= 11 is 7.81. The van der Waals surface area contributed by atoms with E-state index < -0.39 is 0 Å². The van der Waals surface area contributed by atoms with Crippen molar-refractivity contribution in [3.05, 3.63) is 52.5 Å². The van der Waals surface area contributed by atoms with Gasteiger partial charge in [-0.2, -0.15) is 0 Å². The molecule has 0 spiro atoms. The van der Waals surface area contributed by atoms with Crippen molar-refractivity contribution in [2.75, 3.05) is 6.54 Å². The maximum atomic E-state index is 6.22. The van der Waals surface area contributed by atoms with Crippen molar-refractivity contribution in [2.24, 2.45) is 0 Å². The molecule has 108 valence electrons. The third-order valence-electron chi connectivity index (χ3n) is 3.29. The van der Waals surface area contributed by atoms with E-state index in [-0.39, 0.29) is 0 Å². The zero-order valence-corrected chi connectivity index (χ0v) is 13.2. The van der Waals surface area contributed by atoms with Gasteiger partial charge in [0.2, 0.25) is 0 Å². The number of hydrogen-bond acceptors (Lipinski definition) is 5. The Morgan fingerprint density at radius 2 is 1.95 bits per heavy atom. The molecular formula is C15H15ClN4S. The Balaban J connectivity index is 1.79. The van der Waals surface area contributed by atoms with Gasteiger partial charge >= 0.3 is 0 Å². The van der Waals surface area contributed by atoms with Gasteiger partial charge in [-0.3, -0.25) is 9.88 Å². The third-order valence-corrected chi connectivity index (χ3v) is 4.39. The van der Waals surface area contributed by atoms with Crippen molar-refractivity contribution in [2.45, 2.75) is 20.0 Å². The van der Waals surface area contributed by atoms with Crippen LogP contribution in [-0.4, -0.2) is 26.4 Å². The van der Waals surface area contributed by atoms with Crippen molar-refractivity contribution in [3.63, 3.8) is 0 Å². The van der Waals surface area contributed by atoms with Crippen LogP contribution in [0.2, 0.25) is 5.15 Å². The number of thiophene rings is 1. The summed E-state index contributed by atoms with van der Waals surface area (Å²) in [5, 5.41) is 3.46. The Morgan fingerprint density at radius 3 is 2.71 bits per heavy atom. The van der Waals surface area contributed by atoms with Gasteiger partial charge in [0.25, 0.3) is 0 Å². The maximum absolute atomic E-state index is 6.22. The van der Waals surface area contributed by atoms with Crippen LogP contribution in [0.25, 0.3) is 10.2 Å². The molecule has 0 saturated carbocycles. The number of hydrogen-bond donors (Lipinski definition) is 0. The molecule has 4 nitrogen and oxygen atoms in total. The van der Waals surface area contributed by atoms with Gasteiger partial charge in [0.1, 0.15) is 15.8 Å². The number of aromatic nitrogens is 3. The molecule has 0 radical (unpaired) electrons. The first-order chi connectivity index (χ1) is 10.3. The van der Waals surface area contributed by atoms with E-state index in [1.165, 1.54) is 5.56 Å². The van der Waals surface area contributed by atoms with Crippen LogP contribution in [0.1, 0.15) is 18.3 Å². The van der Waals surface area contributed by atoms with Gasteiger partial charge in [-0.15, -0.1) is 11.3 Å². The molecule has 0 aliphatic carbocycles. The molecule has 0 amide bonds. The highest BCUT2D eigenvalue weighted by molar-refractivity contribution is 7.16. The summed E-state index contributed by atoms with van der Waals surface area (Å²) in [5.74, 6) is 0.769. The summed E-state index contributed by atoms with van der Waals surface area (Å²) in [7, 11) is 0. The quantitative estimate of drug-likeness (QED) is 0.672. The number of halogens is 1. The molecule has 0 N–H and O–H groups in total. The van der Waals surface area contributed by atoms with E-state index >= 15 is 0 Å². The minimum atomic E-state index is 0.538. The van der Waals surface area contributed by atoms with Gasteiger partial charge in [0, 0.05) is 24.3 Å². The molecule has 0 unspecified atom stereocenters. The predicted molar refractivity (Wildman–Crippen MR) is 86.5 cm³/mol. The van der Waals surface area contributed by atoms with Crippen LogP contribution in [0.4, 0.5) is 0 Å². The van der Waals surface area contributed by atoms with Gasteiger partial charge < -0.3 is 0 Å². The van der Waals surface area contributed by atoms with Gasteiger partial charge in [0.15, 0.2) is 0 Å². The lowest BCUT2D eigenvalue weighted by atomic mass is 10.2. The van der Waals surface area contributed by atoms with Crippen molar-refractivity contribution in [1.82, 2.24) is 19.9 Å². The predicted octanol–water partition coefficient (Wildman–Crippen LogP) is 3.76. The van der Waals surface area contributed by atoms with Gasteiger partial charge in [-0.1, -0.05) is 18.5 Å². The topological polar surface area (TPSA) is 41.9 Å². The van der Waals surface area contributed by atoms with Crippen LogP contribution in [0.3, 0.4) is 0 Å². The summed E-state index contributed by atoms with van der Waals surface area (Å²) in [6.45, 7) is 4.59. The molecule has 21 heavy (non-hydrogen) atoms. The van der Waals surface area contributed by atoms with E-state index in [4.69, 9.17) is 11.6 Å². The SMILES string of the molecule is CCN(Cc1ccncc1)Cc1nc(Cl)c2ccsc2n1. The molecule has 0 fully saturated rings. The second-order valence-corrected chi connectivity index (χ2v) is 5.98. The van der Waals surface area contributed by atoms with Gasteiger partial charge in [0.05, 0.1) is 6.54 Å². The maximum Gasteiger partial charge on any atom is 0.145 e. The minimum absolute atomic E-state index is 0.538. The number of rotatable bonds is 5. The van der Waals surface area contributed by atoms with Crippen LogP contribution < -0.4 is 0 Å². The molecule has 6 heteroatoms. The first-order valence-corrected chi connectivity index (χ1v) is 8.03. The molecule has 0 saturated heterocycles. The standard InChI is InChI=1S/C15H15ClN4S/c1-2-20(9-11-3-6-17-7-4-11)10-13-18-14(16)12-5-8-21-15(12)19-13/h3-8H,2,9-10H2,1H3. The summed E-state index contributed by atoms with van der Waals surface area (Å²) < 4.78 is 0. The molecule has 3 aromatic rings. The summed E-state index contributed by atoms with van der Waals surface area (Å²) in [4.78, 5) is 16.3. The largest absolute Gasteiger partial charge is 0.292 e. The monoisotopic (exact) mass is 318 g/mol. The van der Waals surface area contributed by atoms with Gasteiger partial charge in [-0.05, 0) is 35.7 Å². The Hall–Kier alpha value is -1.56. The zero-order valence-electron chi connectivity index (χ0n) is 11.7. The van der Waals surface area contributed by atoms with E-state index in [1.807, 2.05) is 36.0 Å². The second kappa shape index (κ2) is 6.47. The fraction of sp³-hybridized carbons (Fsp3) is 0.267. The average molecular weight is 319 g/mol. The van der Waals surface area contributed by atoms with Crippen molar-refractivity contribution in [3.8, 4) is 0 Å². The Kier molecular flexibility index (Phi) is 4.43. The fourth-order valence-electron chi connectivity index (χ4n) is 2.16. The second-order valence-electron chi connectivity index (χ2n) is 4.73. The lowest BCUT2D eigenvalue weighted by Gasteiger charge is -2.19. The number of fused-ring (bicyclic) bond motifs is 1. The lowest BCUT2D eigenvalue weighted by Crippen LogP contribution is -2.23. The zero-order chi connectivity index (χ0) is 14.7. The minimum Gasteiger partial charge on any atom is -0.292 e. The molecule has 0 aliphatic heterocycles. The van der Waals surface area contributed by atoms with Crippen LogP contribution >= 0.6 is 22.9 Å². The first-order valence-electron chi connectivity index (χ1n) is 6.77. The first kappa shape index (κ1) is 14.4. The van der Waals surface area contributed by atoms with E-state index in [2.05, 4.69) is 26.8 Å². The molecule has 0 aliphatic rings.